The normalized spacial score (nSPS) is 9.54. The van der Waals surface area contributed by atoms with Crippen LogP contribution in [0, 0.1) is 0 Å². The molecule has 26 heavy (non-hydrogen) atoms. The van der Waals surface area contributed by atoms with Crippen molar-refractivity contribution in [3.63, 3.8) is 0 Å². The monoisotopic (exact) mass is 449 g/mol. The van der Waals surface area contributed by atoms with Gasteiger partial charge in [0.25, 0.3) is 0 Å². The second-order valence-electron chi connectivity index (χ2n) is 4.67. The standard InChI is InChI=1S/C19H15N3.3ClH.Co/c1-3-8-16(9-4-1)20-14-18-12-7-13-19(22-18)15-21-17-10-5-2-6-11-17;;;;/h1-15H;3*1H;/q;;;;+3/p-3. The summed E-state index contributed by atoms with van der Waals surface area (Å²) in [7, 11) is 0. The number of para-hydroxylation sites is 2. The van der Waals surface area contributed by atoms with Crippen LogP contribution >= 0.6 is 0 Å². The van der Waals surface area contributed by atoms with Crippen LogP contribution in [0.25, 0.3) is 0 Å². The van der Waals surface area contributed by atoms with Gasteiger partial charge >= 0.3 is 16.8 Å². The van der Waals surface area contributed by atoms with Crippen molar-refractivity contribution >= 4 is 23.8 Å². The number of halogens is 3. The first-order valence-electron chi connectivity index (χ1n) is 7.05. The van der Waals surface area contributed by atoms with Crippen LogP contribution in [-0.2, 0) is 16.8 Å². The average Bonchev–Trinajstić information content (AvgIpc) is 2.60. The van der Waals surface area contributed by atoms with Crippen molar-refractivity contribution in [3.8, 4) is 0 Å². The van der Waals surface area contributed by atoms with Gasteiger partial charge in [0, 0.05) is 0 Å². The fraction of sp³-hybridized carbons (Fsp3) is 0. The summed E-state index contributed by atoms with van der Waals surface area (Å²) in [5, 5.41) is 0. The molecule has 3 rings (SSSR count). The van der Waals surface area contributed by atoms with E-state index in [2.05, 4.69) is 15.0 Å². The molecule has 0 spiro atoms. The van der Waals surface area contributed by atoms with Crippen molar-refractivity contribution in [1.82, 2.24) is 4.98 Å². The van der Waals surface area contributed by atoms with Crippen molar-refractivity contribution in [2.24, 2.45) is 9.98 Å². The number of aliphatic imine (C=N–C) groups is 2. The Morgan fingerprint density at radius 1 is 0.538 bits per heavy atom. The van der Waals surface area contributed by atoms with Gasteiger partial charge in [0.2, 0.25) is 0 Å². The number of nitrogens with zero attached hydrogens (tertiary/aromatic N) is 3. The average molecular weight is 451 g/mol. The zero-order chi connectivity index (χ0) is 15.0. The summed E-state index contributed by atoms with van der Waals surface area (Å²) in [6, 6.07) is 25.4. The molecule has 1 heterocycles. The Morgan fingerprint density at radius 3 is 1.31 bits per heavy atom. The summed E-state index contributed by atoms with van der Waals surface area (Å²) in [6.07, 6.45) is 3.52. The number of hydrogen-bond donors (Lipinski definition) is 0. The van der Waals surface area contributed by atoms with Crippen LogP contribution in [0.3, 0.4) is 0 Å². The van der Waals surface area contributed by atoms with Gasteiger partial charge in [-0.05, 0) is 36.4 Å². The van der Waals surface area contributed by atoms with E-state index in [0.29, 0.717) is 0 Å². The molecule has 0 aliphatic heterocycles. The van der Waals surface area contributed by atoms with Crippen molar-refractivity contribution in [3.05, 3.63) is 90.3 Å². The predicted molar refractivity (Wildman–Crippen MR) is 91.6 cm³/mol. The Bertz CT molecular complexity index is 733. The first-order valence-corrected chi connectivity index (χ1v) is 7.05. The van der Waals surface area contributed by atoms with Crippen LogP contribution in [0.15, 0.2) is 88.8 Å². The fourth-order valence-electron chi connectivity index (χ4n) is 1.92. The maximum atomic E-state index is 4.50. The van der Waals surface area contributed by atoms with Crippen LogP contribution in [0.4, 0.5) is 11.4 Å². The molecule has 0 radical (unpaired) electrons. The van der Waals surface area contributed by atoms with E-state index in [0.717, 1.165) is 22.8 Å². The van der Waals surface area contributed by atoms with E-state index < -0.39 is 0 Å². The number of benzene rings is 2. The van der Waals surface area contributed by atoms with E-state index in [-0.39, 0.29) is 54.0 Å². The number of hydrogen-bond acceptors (Lipinski definition) is 3. The number of aromatic nitrogens is 1. The molecule has 0 atom stereocenters. The SMILES string of the molecule is C(=Nc1ccccc1)c1cccc(C=Nc2ccccc2)n1.[Cl-].[Cl-].[Cl-].[Co+3]. The van der Waals surface area contributed by atoms with Gasteiger partial charge in [0.15, 0.2) is 0 Å². The van der Waals surface area contributed by atoms with E-state index >= 15 is 0 Å². The third-order valence-corrected chi connectivity index (χ3v) is 3.00. The molecule has 7 heteroatoms. The molecule has 1 aromatic heterocycles. The summed E-state index contributed by atoms with van der Waals surface area (Å²) in [4.78, 5) is 13.3. The first-order chi connectivity index (χ1) is 10.9. The van der Waals surface area contributed by atoms with Crippen molar-refractivity contribution < 1.29 is 54.0 Å². The van der Waals surface area contributed by atoms with Gasteiger partial charge in [-0.15, -0.1) is 0 Å². The Morgan fingerprint density at radius 2 is 0.923 bits per heavy atom. The van der Waals surface area contributed by atoms with Gasteiger partial charge in [0.05, 0.1) is 35.2 Å². The van der Waals surface area contributed by atoms with Crippen molar-refractivity contribution in [1.29, 1.82) is 0 Å². The van der Waals surface area contributed by atoms with Crippen LogP contribution in [0.2, 0.25) is 0 Å². The molecule has 136 valence electrons. The molecule has 0 saturated carbocycles. The fourth-order valence-corrected chi connectivity index (χ4v) is 1.92. The van der Waals surface area contributed by atoms with E-state index in [9.17, 15) is 0 Å². The molecule has 0 bridgehead atoms. The molecule has 0 aliphatic carbocycles. The smallest absolute Gasteiger partial charge is 1.00 e. The van der Waals surface area contributed by atoms with Crippen LogP contribution in [-0.4, -0.2) is 17.4 Å². The molecule has 0 unspecified atom stereocenters. The maximum Gasteiger partial charge on any atom is 3.00 e. The topological polar surface area (TPSA) is 37.6 Å². The number of rotatable bonds is 4. The molecule has 0 amide bonds. The van der Waals surface area contributed by atoms with E-state index in [1.807, 2.05) is 78.9 Å². The van der Waals surface area contributed by atoms with Crippen molar-refractivity contribution in [2.75, 3.05) is 0 Å². The molecule has 0 fully saturated rings. The molecule has 0 saturated heterocycles. The summed E-state index contributed by atoms with van der Waals surface area (Å²) >= 11 is 0. The third-order valence-electron chi connectivity index (χ3n) is 3.00. The molecule has 0 aliphatic rings. The van der Waals surface area contributed by atoms with Crippen molar-refractivity contribution in [2.45, 2.75) is 0 Å². The predicted octanol–water partition coefficient (Wildman–Crippen LogP) is -4.41. The minimum Gasteiger partial charge on any atom is -1.00 e. The van der Waals surface area contributed by atoms with Gasteiger partial charge in [0.1, 0.15) is 0 Å². The van der Waals surface area contributed by atoms with Gasteiger partial charge in [-0.1, -0.05) is 42.5 Å². The minimum absolute atomic E-state index is 0. The second-order valence-corrected chi connectivity index (χ2v) is 4.67. The van der Waals surface area contributed by atoms with E-state index in [1.54, 1.807) is 12.4 Å². The molecular formula is C19H15Cl3CoN3. The summed E-state index contributed by atoms with van der Waals surface area (Å²) in [5.41, 5.74) is 3.43. The molecule has 2 aromatic carbocycles. The largest absolute Gasteiger partial charge is 3.00 e. The Labute approximate surface area is 182 Å². The van der Waals surface area contributed by atoms with Crippen LogP contribution < -0.4 is 37.2 Å². The summed E-state index contributed by atoms with van der Waals surface area (Å²) in [6.45, 7) is 0. The van der Waals surface area contributed by atoms with E-state index in [4.69, 9.17) is 0 Å². The molecule has 0 N–H and O–H groups in total. The maximum absolute atomic E-state index is 4.50. The quantitative estimate of drug-likeness (QED) is 0.370. The van der Waals surface area contributed by atoms with Crippen LogP contribution in [0.1, 0.15) is 11.4 Å². The first kappa shape index (κ1) is 26.5. The molecular weight excluding hydrogens is 436 g/mol. The van der Waals surface area contributed by atoms with Gasteiger partial charge in [-0.2, -0.15) is 0 Å². The zero-order valence-corrected chi connectivity index (χ0v) is 16.8. The summed E-state index contributed by atoms with van der Waals surface area (Å²) < 4.78 is 0. The Balaban J connectivity index is 0. The van der Waals surface area contributed by atoms with Gasteiger partial charge < -0.3 is 37.2 Å². The number of pyridine rings is 1. The van der Waals surface area contributed by atoms with E-state index in [1.165, 1.54) is 0 Å². The third kappa shape index (κ3) is 8.60. The van der Waals surface area contributed by atoms with Gasteiger partial charge in [-0.3, -0.25) is 9.98 Å². The second kappa shape index (κ2) is 14.5. The summed E-state index contributed by atoms with van der Waals surface area (Å²) in [5.74, 6) is 0. The van der Waals surface area contributed by atoms with Gasteiger partial charge in [-0.25, -0.2) is 4.98 Å². The minimum atomic E-state index is 0. The van der Waals surface area contributed by atoms with Crippen LogP contribution in [0.5, 0.6) is 0 Å². The Kier molecular flexibility index (Phi) is 14.8. The molecule has 3 nitrogen and oxygen atoms in total. The zero-order valence-electron chi connectivity index (χ0n) is 13.5. The Hall–Kier alpha value is -1.69. The molecule has 3 aromatic rings.